The summed E-state index contributed by atoms with van der Waals surface area (Å²) < 4.78 is 44.0. The summed E-state index contributed by atoms with van der Waals surface area (Å²) in [5, 5.41) is 6.15. The van der Waals surface area contributed by atoms with Crippen molar-refractivity contribution < 1.29 is 22.4 Å². The molecule has 2 aliphatic rings. The minimum Gasteiger partial charge on any atom is -0.456 e. The lowest BCUT2D eigenvalue weighted by molar-refractivity contribution is -0.153. The standard InChI is InChI=1S/C24H32F3N5O2/c1-14-12-18(20(34-14)24(25,26)27)22(33)28-13-15-8-10-16(11-9-15)29-23-30-19-7-5-4-6-17(19)21(31-23)32(2)3/h12,15-16H,4-11,13H2,1-3H3,(H,28,33)(H,29,30,31)/t15-,16+. The minimum atomic E-state index is -4.70. The Bertz CT molecular complexity index is 1030. The van der Waals surface area contributed by atoms with Crippen molar-refractivity contribution in [1.82, 2.24) is 15.3 Å². The molecule has 0 atom stereocenters. The van der Waals surface area contributed by atoms with Crippen molar-refractivity contribution >= 4 is 17.7 Å². The molecule has 0 spiro atoms. The number of carbonyl (C=O) groups excluding carboxylic acids is 1. The van der Waals surface area contributed by atoms with Crippen LogP contribution in [0, 0.1) is 12.8 Å². The van der Waals surface area contributed by atoms with Crippen molar-refractivity contribution in [2.75, 3.05) is 30.9 Å². The van der Waals surface area contributed by atoms with Gasteiger partial charge in [0.15, 0.2) is 0 Å². The maximum absolute atomic E-state index is 13.1. The summed E-state index contributed by atoms with van der Waals surface area (Å²) in [6.45, 7) is 1.74. The van der Waals surface area contributed by atoms with Crippen LogP contribution >= 0.6 is 0 Å². The van der Waals surface area contributed by atoms with Crippen LogP contribution in [0.2, 0.25) is 0 Å². The number of nitrogens with zero attached hydrogens (tertiary/aromatic N) is 3. The maximum Gasteiger partial charge on any atom is 0.450 e. The summed E-state index contributed by atoms with van der Waals surface area (Å²) in [5.41, 5.74) is 1.93. The summed E-state index contributed by atoms with van der Waals surface area (Å²) in [5.74, 6) is -0.0648. The quantitative estimate of drug-likeness (QED) is 0.623. The Kier molecular flexibility index (Phi) is 7.04. The Labute approximate surface area is 197 Å². The average Bonchev–Trinajstić information content (AvgIpc) is 3.20. The third-order valence-electron chi connectivity index (χ3n) is 6.67. The van der Waals surface area contributed by atoms with Gasteiger partial charge in [0.1, 0.15) is 11.6 Å². The topological polar surface area (TPSA) is 83.3 Å². The van der Waals surface area contributed by atoms with Crippen LogP contribution in [-0.4, -0.2) is 42.6 Å². The molecule has 0 radical (unpaired) electrons. The highest BCUT2D eigenvalue weighted by Crippen LogP contribution is 2.34. The number of aromatic nitrogens is 2. The van der Waals surface area contributed by atoms with Crippen molar-refractivity contribution in [2.24, 2.45) is 5.92 Å². The molecule has 1 amide bonds. The molecule has 2 aromatic heterocycles. The summed E-state index contributed by atoms with van der Waals surface area (Å²) >= 11 is 0. The number of alkyl halides is 3. The average molecular weight is 480 g/mol. The first kappa shape index (κ1) is 24.3. The largest absolute Gasteiger partial charge is 0.456 e. The lowest BCUT2D eigenvalue weighted by atomic mass is 9.86. The predicted molar refractivity (Wildman–Crippen MR) is 123 cm³/mol. The molecule has 34 heavy (non-hydrogen) atoms. The van der Waals surface area contributed by atoms with Crippen LogP contribution in [0.3, 0.4) is 0 Å². The third kappa shape index (κ3) is 5.47. The SMILES string of the molecule is Cc1cc(C(=O)NC[C@H]2CC[C@@H](Nc3nc4c(c(N(C)C)n3)CCCC4)CC2)c(C(F)(F)F)o1. The van der Waals surface area contributed by atoms with Gasteiger partial charge in [0.05, 0.1) is 11.3 Å². The number of hydrogen-bond donors (Lipinski definition) is 2. The Morgan fingerprint density at radius 1 is 1.15 bits per heavy atom. The van der Waals surface area contributed by atoms with E-state index in [4.69, 9.17) is 14.4 Å². The number of anilines is 2. The highest BCUT2D eigenvalue weighted by atomic mass is 19.4. The molecule has 0 aromatic carbocycles. The van der Waals surface area contributed by atoms with Crippen LogP contribution in [-0.2, 0) is 19.0 Å². The number of fused-ring (bicyclic) bond motifs is 1. The van der Waals surface area contributed by atoms with Gasteiger partial charge in [0.25, 0.3) is 5.91 Å². The Morgan fingerprint density at radius 3 is 2.53 bits per heavy atom. The van der Waals surface area contributed by atoms with E-state index in [-0.39, 0.29) is 17.7 Å². The van der Waals surface area contributed by atoms with E-state index in [1.165, 1.54) is 18.9 Å². The van der Waals surface area contributed by atoms with E-state index >= 15 is 0 Å². The Balaban J connectivity index is 1.31. The zero-order valence-electron chi connectivity index (χ0n) is 19.9. The van der Waals surface area contributed by atoms with Crippen molar-refractivity contribution in [3.8, 4) is 0 Å². The van der Waals surface area contributed by atoms with E-state index < -0.39 is 23.4 Å². The van der Waals surface area contributed by atoms with Crippen LogP contribution < -0.4 is 15.5 Å². The first-order chi connectivity index (χ1) is 16.1. The lowest BCUT2D eigenvalue weighted by Crippen LogP contribution is -2.34. The molecule has 0 unspecified atom stereocenters. The number of nitrogens with one attached hydrogen (secondary N) is 2. The molecule has 10 heteroatoms. The summed E-state index contributed by atoms with van der Waals surface area (Å²) in [6.07, 6.45) is 3.11. The van der Waals surface area contributed by atoms with Gasteiger partial charge in [-0.25, -0.2) is 4.98 Å². The number of aryl methyl sites for hydroxylation is 2. The van der Waals surface area contributed by atoms with Gasteiger partial charge in [0, 0.05) is 32.2 Å². The first-order valence-corrected chi connectivity index (χ1v) is 11.9. The van der Waals surface area contributed by atoms with Gasteiger partial charge in [-0.05, 0) is 70.3 Å². The fourth-order valence-electron chi connectivity index (χ4n) is 4.93. The second-order valence-electron chi connectivity index (χ2n) is 9.57. The van der Waals surface area contributed by atoms with Crippen molar-refractivity contribution in [2.45, 2.75) is 70.5 Å². The second kappa shape index (κ2) is 9.84. The molecule has 0 bridgehead atoms. The highest BCUT2D eigenvalue weighted by molar-refractivity contribution is 5.95. The molecule has 2 aliphatic carbocycles. The van der Waals surface area contributed by atoms with Gasteiger partial charge in [0.2, 0.25) is 11.7 Å². The normalized spacial score (nSPS) is 20.5. The Morgan fingerprint density at radius 2 is 1.85 bits per heavy atom. The summed E-state index contributed by atoms with van der Waals surface area (Å²) in [6, 6.07) is 1.37. The third-order valence-corrected chi connectivity index (χ3v) is 6.67. The van der Waals surface area contributed by atoms with E-state index in [1.807, 2.05) is 19.0 Å². The molecular weight excluding hydrogens is 447 g/mol. The molecule has 0 saturated heterocycles. The van der Waals surface area contributed by atoms with Crippen LogP contribution in [0.15, 0.2) is 10.5 Å². The van der Waals surface area contributed by atoms with Gasteiger partial charge in [-0.3, -0.25) is 4.79 Å². The highest BCUT2D eigenvalue weighted by Gasteiger charge is 2.40. The molecule has 1 saturated carbocycles. The number of furan rings is 1. The fourth-order valence-corrected chi connectivity index (χ4v) is 4.93. The number of hydrogen-bond acceptors (Lipinski definition) is 6. The van der Waals surface area contributed by atoms with Crippen molar-refractivity contribution in [3.63, 3.8) is 0 Å². The minimum absolute atomic E-state index is 0.0610. The Hall–Kier alpha value is -2.78. The number of carbonyl (C=O) groups is 1. The zero-order valence-corrected chi connectivity index (χ0v) is 19.9. The summed E-state index contributed by atoms with van der Waals surface area (Å²) in [7, 11) is 4.01. The molecular formula is C24H32F3N5O2. The van der Waals surface area contributed by atoms with Gasteiger partial charge in [-0.15, -0.1) is 0 Å². The van der Waals surface area contributed by atoms with Gasteiger partial charge in [-0.1, -0.05) is 0 Å². The van der Waals surface area contributed by atoms with Crippen molar-refractivity contribution in [3.05, 3.63) is 34.4 Å². The molecule has 4 rings (SSSR count). The number of amides is 1. The van der Waals surface area contributed by atoms with Gasteiger partial charge in [-0.2, -0.15) is 18.2 Å². The predicted octanol–water partition coefficient (Wildman–Crippen LogP) is 4.74. The van der Waals surface area contributed by atoms with Gasteiger partial charge < -0.3 is 20.0 Å². The molecule has 2 aromatic rings. The van der Waals surface area contributed by atoms with Crippen LogP contribution in [0.5, 0.6) is 0 Å². The van der Waals surface area contributed by atoms with Crippen LogP contribution in [0.25, 0.3) is 0 Å². The maximum atomic E-state index is 13.1. The van der Waals surface area contributed by atoms with Gasteiger partial charge >= 0.3 is 6.18 Å². The molecule has 0 aliphatic heterocycles. The van der Waals surface area contributed by atoms with E-state index in [0.717, 1.165) is 62.5 Å². The lowest BCUT2D eigenvalue weighted by Gasteiger charge is -2.30. The molecule has 2 N–H and O–H groups in total. The molecule has 7 nitrogen and oxygen atoms in total. The summed E-state index contributed by atoms with van der Waals surface area (Å²) in [4.78, 5) is 24.0. The second-order valence-corrected chi connectivity index (χ2v) is 9.57. The van der Waals surface area contributed by atoms with Crippen LogP contribution in [0.1, 0.15) is 71.7 Å². The van der Waals surface area contributed by atoms with Crippen molar-refractivity contribution in [1.29, 1.82) is 0 Å². The molecule has 186 valence electrons. The van der Waals surface area contributed by atoms with E-state index in [0.29, 0.717) is 12.5 Å². The fraction of sp³-hybridized carbons (Fsp3) is 0.625. The monoisotopic (exact) mass is 479 g/mol. The first-order valence-electron chi connectivity index (χ1n) is 11.9. The van der Waals surface area contributed by atoms with E-state index in [9.17, 15) is 18.0 Å². The smallest absolute Gasteiger partial charge is 0.450 e. The number of rotatable bonds is 6. The number of halogens is 3. The molecule has 1 fully saturated rings. The van der Waals surface area contributed by atoms with E-state index in [2.05, 4.69) is 10.6 Å². The van der Waals surface area contributed by atoms with Crippen LogP contribution in [0.4, 0.5) is 24.9 Å². The van der Waals surface area contributed by atoms with E-state index in [1.54, 1.807) is 0 Å². The molecule has 2 heterocycles. The zero-order chi connectivity index (χ0) is 24.5.